The smallest absolute Gasteiger partial charge is 0.259 e. The van der Waals surface area contributed by atoms with Gasteiger partial charge in [0.05, 0.1) is 5.56 Å². The number of nitrogens with one attached hydrogen (secondary N) is 2. The fourth-order valence-electron chi connectivity index (χ4n) is 2.76. The van der Waals surface area contributed by atoms with Crippen LogP contribution in [0, 0.1) is 0 Å². The number of amides is 1. The van der Waals surface area contributed by atoms with Gasteiger partial charge in [-0.05, 0) is 48.9 Å². The number of anilines is 2. The molecule has 0 spiro atoms. The zero-order valence-corrected chi connectivity index (χ0v) is 17.0. The van der Waals surface area contributed by atoms with Gasteiger partial charge in [0.2, 0.25) is 5.13 Å². The first-order valence-electron chi connectivity index (χ1n) is 9.30. The highest BCUT2D eigenvalue weighted by molar-refractivity contribution is 7.13. The largest absolute Gasteiger partial charge is 0.457 e. The summed E-state index contributed by atoms with van der Waals surface area (Å²) in [4.78, 5) is 16.5. The number of carbonyl (C=O) groups is 1. The fraction of sp³-hybridized carbons (Fsp3) is 0.0909. The monoisotopic (exact) mass is 417 g/mol. The molecule has 4 rings (SSSR count). The van der Waals surface area contributed by atoms with Gasteiger partial charge in [0.1, 0.15) is 22.8 Å². The van der Waals surface area contributed by atoms with E-state index in [1.807, 2.05) is 61.5 Å². The second kappa shape index (κ2) is 9.15. The van der Waals surface area contributed by atoms with Crippen LogP contribution in [0.2, 0.25) is 0 Å². The third-order valence-electron chi connectivity index (χ3n) is 4.33. The van der Waals surface area contributed by atoms with E-state index in [0.29, 0.717) is 16.5 Å². The van der Waals surface area contributed by atoms with Crippen LogP contribution in [-0.2, 0) is 0 Å². The van der Waals surface area contributed by atoms with Crippen molar-refractivity contribution in [1.82, 2.24) is 15.2 Å². The quantitative estimate of drug-likeness (QED) is 0.432. The Morgan fingerprint density at radius 2 is 1.77 bits per heavy atom. The van der Waals surface area contributed by atoms with Crippen LogP contribution in [0.15, 0.2) is 78.4 Å². The number of nitrogens with zero attached hydrogens (tertiary/aromatic N) is 3. The Kier molecular flexibility index (Phi) is 5.95. The second-order valence-corrected chi connectivity index (χ2v) is 7.31. The zero-order valence-electron chi connectivity index (χ0n) is 16.1. The number of rotatable bonds is 7. The summed E-state index contributed by atoms with van der Waals surface area (Å²) >= 11 is 1.26. The topological polar surface area (TPSA) is 89.0 Å². The number of pyridine rings is 1. The minimum absolute atomic E-state index is 0.0318. The highest BCUT2D eigenvalue weighted by Gasteiger charge is 2.10. The van der Waals surface area contributed by atoms with Crippen molar-refractivity contribution in [3.05, 3.63) is 89.6 Å². The van der Waals surface area contributed by atoms with Crippen molar-refractivity contribution < 1.29 is 9.53 Å². The van der Waals surface area contributed by atoms with Gasteiger partial charge < -0.3 is 10.1 Å². The van der Waals surface area contributed by atoms with Crippen LogP contribution in [0.3, 0.4) is 0 Å². The summed E-state index contributed by atoms with van der Waals surface area (Å²) in [6, 6.07) is 21.1. The summed E-state index contributed by atoms with van der Waals surface area (Å²) in [7, 11) is 0. The lowest BCUT2D eigenvalue weighted by molar-refractivity contribution is 0.102. The van der Waals surface area contributed by atoms with Crippen LogP contribution in [0.4, 0.5) is 10.9 Å². The first kappa shape index (κ1) is 19.5. The molecule has 1 atom stereocenters. The lowest BCUT2D eigenvalue weighted by Gasteiger charge is -2.16. The summed E-state index contributed by atoms with van der Waals surface area (Å²) in [6.07, 6.45) is 1.53. The first-order chi connectivity index (χ1) is 14.7. The molecule has 0 aliphatic heterocycles. The average Bonchev–Trinajstić information content (AvgIpc) is 3.28. The maximum atomic E-state index is 12.2. The van der Waals surface area contributed by atoms with Crippen LogP contribution < -0.4 is 15.4 Å². The molecule has 4 aromatic rings. The van der Waals surface area contributed by atoms with Crippen molar-refractivity contribution in [2.75, 3.05) is 10.6 Å². The molecule has 2 N–H and O–H groups in total. The number of carbonyl (C=O) groups excluding carboxylic acids is 1. The van der Waals surface area contributed by atoms with E-state index >= 15 is 0 Å². The Hall–Kier alpha value is -3.78. The van der Waals surface area contributed by atoms with Crippen molar-refractivity contribution in [1.29, 1.82) is 0 Å². The van der Waals surface area contributed by atoms with E-state index in [1.54, 1.807) is 17.6 Å². The molecule has 0 fully saturated rings. The average molecular weight is 417 g/mol. The molecule has 0 bridgehead atoms. The summed E-state index contributed by atoms with van der Waals surface area (Å²) < 4.78 is 5.83. The third kappa shape index (κ3) is 4.98. The Bertz CT molecular complexity index is 1080. The maximum absolute atomic E-state index is 12.2. The molecule has 150 valence electrons. The Labute approximate surface area is 177 Å². The van der Waals surface area contributed by atoms with Crippen molar-refractivity contribution in [3.8, 4) is 11.5 Å². The molecule has 0 saturated carbocycles. The lowest BCUT2D eigenvalue weighted by atomic mass is 10.1. The summed E-state index contributed by atoms with van der Waals surface area (Å²) in [5, 5.41) is 14.0. The third-order valence-corrected chi connectivity index (χ3v) is 4.94. The Balaban J connectivity index is 1.35. The number of hydrogen-bond donors (Lipinski definition) is 2. The standard InChI is InChI=1S/C22H19N5O2S/c1-15(16-7-10-19(11-8-16)29-18-5-3-2-4-6-18)25-20-12-9-17(13-23-20)21(28)26-22-27-24-14-30-22/h2-15H,1H3,(H,23,25)(H,26,27,28). The number of benzene rings is 2. The number of para-hydroxylation sites is 1. The highest BCUT2D eigenvalue weighted by atomic mass is 32.1. The summed E-state index contributed by atoms with van der Waals surface area (Å²) in [6.45, 7) is 2.05. The molecule has 8 heteroatoms. The van der Waals surface area contributed by atoms with Gasteiger partial charge in [-0.1, -0.05) is 41.7 Å². The van der Waals surface area contributed by atoms with Gasteiger partial charge in [-0.15, -0.1) is 10.2 Å². The second-order valence-electron chi connectivity index (χ2n) is 6.48. The van der Waals surface area contributed by atoms with Crippen LogP contribution in [-0.4, -0.2) is 21.1 Å². The number of ether oxygens (including phenoxy) is 1. The van der Waals surface area contributed by atoms with E-state index in [-0.39, 0.29) is 11.9 Å². The maximum Gasteiger partial charge on any atom is 0.259 e. The highest BCUT2D eigenvalue weighted by Crippen LogP contribution is 2.24. The molecular formula is C22H19N5O2S. The van der Waals surface area contributed by atoms with Crippen molar-refractivity contribution in [2.24, 2.45) is 0 Å². The van der Waals surface area contributed by atoms with Crippen LogP contribution in [0.1, 0.15) is 28.9 Å². The molecule has 0 radical (unpaired) electrons. The molecule has 2 heterocycles. The van der Waals surface area contributed by atoms with Gasteiger partial charge in [-0.25, -0.2) is 4.98 Å². The van der Waals surface area contributed by atoms with Crippen molar-refractivity contribution in [3.63, 3.8) is 0 Å². The van der Waals surface area contributed by atoms with E-state index in [1.165, 1.54) is 17.5 Å². The molecule has 7 nitrogen and oxygen atoms in total. The van der Waals surface area contributed by atoms with Crippen LogP contribution in [0.25, 0.3) is 0 Å². The number of aromatic nitrogens is 3. The predicted molar refractivity (Wildman–Crippen MR) is 117 cm³/mol. The molecule has 1 unspecified atom stereocenters. The van der Waals surface area contributed by atoms with Gasteiger partial charge in [0, 0.05) is 12.2 Å². The minimum atomic E-state index is -0.271. The summed E-state index contributed by atoms with van der Waals surface area (Å²) in [5.74, 6) is 1.99. The molecule has 0 aliphatic carbocycles. The normalized spacial score (nSPS) is 11.5. The minimum Gasteiger partial charge on any atom is -0.457 e. The number of hydrogen-bond acceptors (Lipinski definition) is 7. The molecule has 2 aromatic heterocycles. The fourth-order valence-corrected chi connectivity index (χ4v) is 3.20. The SMILES string of the molecule is CC(Nc1ccc(C(=O)Nc2nncs2)cn1)c1ccc(Oc2ccccc2)cc1. The summed E-state index contributed by atoms with van der Waals surface area (Å²) in [5.41, 5.74) is 3.10. The molecule has 30 heavy (non-hydrogen) atoms. The molecular weight excluding hydrogens is 398 g/mol. The van der Waals surface area contributed by atoms with Gasteiger partial charge in [-0.3, -0.25) is 10.1 Å². The van der Waals surface area contributed by atoms with E-state index in [2.05, 4.69) is 25.8 Å². The van der Waals surface area contributed by atoms with Crippen LogP contribution >= 0.6 is 11.3 Å². The molecule has 1 amide bonds. The molecule has 0 saturated heterocycles. The van der Waals surface area contributed by atoms with Gasteiger partial charge in [-0.2, -0.15) is 0 Å². The first-order valence-corrected chi connectivity index (χ1v) is 10.2. The van der Waals surface area contributed by atoms with Crippen molar-refractivity contribution >= 4 is 28.2 Å². The van der Waals surface area contributed by atoms with Gasteiger partial charge in [0.15, 0.2) is 0 Å². The van der Waals surface area contributed by atoms with Gasteiger partial charge >= 0.3 is 0 Å². The Morgan fingerprint density at radius 3 is 2.43 bits per heavy atom. The van der Waals surface area contributed by atoms with E-state index < -0.39 is 0 Å². The van der Waals surface area contributed by atoms with Crippen molar-refractivity contribution in [2.45, 2.75) is 13.0 Å². The lowest BCUT2D eigenvalue weighted by Crippen LogP contribution is -2.13. The molecule has 2 aromatic carbocycles. The molecule has 0 aliphatic rings. The van der Waals surface area contributed by atoms with E-state index in [0.717, 1.165) is 17.1 Å². The predicted octanol–water partition coefficient (Wildman–Crippen LogP) is 5.15. The van der Waals surface area contributed by atoms with Crippen LogP contribution in [0.5, 0.6) is 11.5 Å². The zero-order chi connectivity index (χ0) is 20.8. The van der Waals surface area contributed by atoms with Gasteiger partial charge in [0.25, 0.3) is 5.91 Å². The van der Waals surface area contributed by atoms with E-state index in [4.69, 9.17) is 4.74 Å². The van der Waals surface area contributed by atoms with E-state index in [9.17, 15) is 4.79 Å². The Morgan fingerprint density at radius 1 is 1.00 bits per heavy atom.